The van der Waals surface area contributed by atoms with Crippen LogP contribution in [0.2, 0.25) is 0 Å². The summed E-state index contributed by atoms with van der Waals surface area (Å²) in [7, 11) is 0. The molecular weight excluding hydrogens is 368 g/mol. The second-order valence-electron chi connectivity index (χ2n) is 7.33. The summed E-state index contributed by atoms with van der Waals surface area (Å²) in [6.07, 6.45) is 5.04. The SMILES string of the molecule is O=C(Nc1cccc2cccnc12)c1cc(N2CCC3(CC2)OCCO3)ccn1. The van der Waals surface area contributed by atoms with Crippen LogP contribution in [0.3, 0.4) is 0 Å². The predicted octanol–water partition coefficient (Wildman–Crippen LogP) is 3.23. The number of carbonyl (C=O) groups is 1. The molecule has 5 rings (SSSR count). The molecule has 1 N–H and O–H groups in total. The van der Waals surface area contributed by atoms with Gasteiger partial charge in [0.25, 0.3) is 5.91 Å². The van der Waals surface area contributed by atoms with Crippen molar-refractivity contribution in [3.05, 3.63) is 60.6 Å². The Bertz CT molecular complexity index is 1030. The van der Waals surface area contributed by atoms with Gasteiger partial charge in [-0.15, -0.1) is 0 Å². The topological polar surface area (TPSA) is 76.6 Å². The van der Waals surface area contributed by atoms with Crippen LogP contribution in [0.4, 0.5) is 11.4 Å². The molecule has 7 nitrogen and oxygen atoms in total. The van der Waals surface area contributed by atoms with Crippen molar-refractivity contribution in [3.8, 4) is 0 Å². The van der Waals surface area contributed by atoms with Crippen molar-refractivity contribution < 1.29 is 14.3 Å². The average molecular weight is 390 g/mol. The molecule has 0 radical (unpaired) electrons. The van der Waals surface area contributed by atoms with Gasteiger partial charge in [0.1, 0.15) is 5.69 Å². The molecule has 3 aromatic rings. The first-order chi connectivity index (χ1) is 14.2. The van der Waals surface area contributed by atoms with Gasteiger partial charge in [-0.2, -0.15) is 0 Å². The lowest BCUT2D eigenvalue weighted by Crippen LogP contribution is -2.45. The minimum absolute atomic E-state index is 0.249. The van der Waals surface area contributed by atoms with Gasteiger partial charge >= 0.3 is 0 Å². The molecule has 2 saturated heterocycles. The number of amides is 1. The number of rotatable bonds is 3. The Morgan fingerprint density at radius 2 is 1.79 bits per heavy atom. The fraction of sp³-hybridized carbons (Fsp3) is 0.318. The van der Waals surface area contributed by atoms with E-state index in [1.807, 2.05) is 42.5 Å². The summed E-state index contributed by atoms with van der Waals surface area (Å²) in [6.45, 7) is 2.97. The maximum Gasteiger partial charge on any atom is 0.274 e. The molecule has 4 heterocycles. The molecule has 2 aromatic heterocycles. The van der Waals surface area contributed by atoms with Gasteiger partial charge in [-0.3, -0.25) is 14.8 Å². The number of nitrogens with zero attached hydrogens (tertiary/aromatic N) is 3. The average Bonchev–Trinajstić information content (AvgIpc) is 3.22. The van der Waals surface area contributed by atoms with E-state index >= 15 is 0 Å². The zero-order valence-corrected chi connectivity index (χ0v) is 16.0. The minimum Gasteiger partial charge on any atom is -0.371 e. The highest BCUT2D eigenvalue weighted by molar-refractivity contribution is 6.07. The summed E-state index contributed by atoms with van der Waals surface area (Å²) >= 11 is 0. The number of hydrogen-bond donors (Lipinski definition) is 1. The van der Waals surface area contributed by atoms with Gasteiger partial charge in [-0.05, 0) is 24.3 Å². The zero-order chi connectivity index (χ0) is 19.7. The maximum absolute atomic E-state index is 12.8. The molecule has 2 aliphatic heterocycles. The van der Waals surface area contributed by atoms with Gasteiger partial charge in [-0.25, -0.2) is 0 Å². The Morgan fingerprint density at radius 3 is 2.62 bits per heavy atom. The molecule has 2 fully saturated rings. The highest BCUT2D eigenvalue weighted by Gasteiger charge is 2.39. The van der Waals surface area contributed by atoms with Crippen molar-refractivity contribution in [2.45, 2.75) is 18.6 Å². The van der Waals surface area contributed by atoms with Crippen LogP contribution in [0.1, 0.15) is 23.3 Å². The third-order valence-electron chi connectivity index (χ3n) is 5.56. The third-order valence-corrected chi connectivity index (χ3v) is 5.56. The van der Waals surface area contributed by atoms with Crippen LogP contribution in [-0.4, -0.2) is 48.0 Å². The molecule has 1 amide bonds. The normalized spacial score (nSPS) is 18.3. The van der Waals surface area contributed by atoms with Crippen LogP contribution in [0.15, 0.2) is 54.9 Å². The fourth-order valence-electron chi connectivity index (χ4n) is 4.02. The van der Waals surface area contributed by atoms with Crippen molar-refractivity contribution in [2.75, 3.05) is 36.5 Å². The second-order valence-corrected chi connectivity index (χ2v) is 7.33. The lowest BCUT2D eigenvalue weighted by Gasteiger charge is -2.38. The summed E-state index contributed by atoms with van der Waals surface area (Å²) in [4.78, 5) is 23.7. The monoisotopic (exact) mass is 390 g/mol. The lowest BCUT2D eigenvalue weighted by molar-refractivity contribution is -0.169. The molecule has 0 saturated carbocycles. The van der Waals surface area contributed by atoms with Crippen molar-refractivity contribution >= 4 is 28.2 Å². The quantitative estimate of drug-likeness (QED) is 0.740. The van der Waals surface area contributed by atoms with Gasteiger partial charge in [0.15, 0.2) is 5.79 Å². The standard InChI is InChI=1S/C22H22N4O3/c27-21(25-18-5-1-3-16-4-2-9-24-20(16)18)19-15-17(6-10-23-19)26-11-7-22(8-12-26)28-13-14-29-22/h1-6,9-10,15H,7-8,11-14H2,(H,25,27). The van der Waals surface area contributed by atoms with Crippen molar-refractivity contribution in [1.82, 2.24) is 9.97 Å². The van der Waals surface area contributed by atoms with E-state index < -0.39 is 5.79 Å². The number of carbonyl (C=O) groups excluding carboxylic acids is 1. The van der Waals surface area contributed by atoms with E-state index in [1.165, 1.54) is 0 Å². The smallest absolute Gasteiger partial charge is 0.274 e. The number of piperidine rings is 1. The molecule has 0 atom stereocenters. The summed E-state index contributed by atoms with van der Waals surface area (Å²) in [5, 5.41) is 3.93. The van der Waals surface area contributed by atoms with Gasteiger partial charge in [0, 0.05) is 49.4 Å². The number of benzene rings is 1. The number of fused-ring (bicyclic) bond motifs is 1. The van der Waals surface area contributed by atoms with E-state index in [0.29, 0.717) is 24.6 Å². The maximum atomic E-state index is 12.8. The fourth-order valence-corrected chi connectivity index (χ4v) is 4.02. The zero-order valence-electron chi connectivity index (χ0n) is 16.0. The Morgan fingerprint density at radius 1 is 1.00 bits per heavy atom. The van der Waals surface area contributed by atoms with Crippen LogP contribution >= 0.6 is 0 Å². The molecule has 1 aromatic carbocycles. The van der Waals surface area contributed by atoms with E-state index in [2.05, 4.69) is 20.2 Å². The van der Waals surface area contributed by atoms with Crippen LogP contribution in [0.25, 0.3) is 10.9 Å². The number of ether oxygens (including phenoxy) is 2. The number of nitrogens with one attached hydrogen (secondary N) is 1. The number of aromatic nitrogens is 2. The van der Waals surface area contributed by atoms with E-state index in [1.54, 1.807) is 12.4 Å². The molecule has 29 heavy (non-hydrogen) atoms. The third kappa shape index (κ3) is 3.54. The van der Waals surface area contributed by atoms with Crippen molar-refractivity contribution in [3.63, 3.8) is 0 Å². The Labute approximate surface area is 168 Å². The largest absolute Gasteiger partial charge is 0.371 e. The van der Waals surface area contributed by atoms with Crippen LogP contribution < -0.4 is 10.2 Å². The molecule has 1 spiro atoms. The summed E-state index contributed by atoms with van der Waals surface area (Å²) in [5.74, 6) is -0.661. The number of anilines is 2. The molecule has 0 unspecified atom stereocenters. The molecule has 0 bridgehead atoms. The highest BCUT2D eigenvalue weighted by atomic mass is 16.7. The lowest BCUT2D eigenvalue weighted by atomic mass is 10.0. The molecular formula is C22H22N4O3. The van der Waals surface area contributed by atoms with Crippen molar-refractivity contribution in [1.29, 1.82) is 0 Å². The predicted molar refractivity (Wildman–Crippen MR) is 110 cm³/mol. The molecule has 0 aliphatic carbocycles. The molecule has 2 aliphatic rings. The number of pyridine rings is 2. The van der Waals surface area contributed by atoms with Crippen molar-refractivity contribution in [2.24, 2.45) is 0 Å². The Hall–Kier alpha value is -3.03. The number of para-hydroxylation sites is 1. The van der Waals surface area contributed by atoms with Gasteiger partial charge < -0.3 is 19.7 Å². The summed E-state index contributed by atoms with van der Waals surface area (Å²) in [6, 6.07) is 13.3. The first-order valence-corrected chi connectivity index (χ1v) is 9.87. The van der Waals surface area contributed by atoms with Gasteiger partial charge in [0.05, 0.1) is 24.4 Å². The first-order valence-electron chi connectivity index (χ1n) is 9.87. The van der Waals surface area contributed by atoms with E-state index in [0.717, 1.165) is 42.5 Å². The Balaban J connectivity index is 1.32. The van der Waals surface area contributed by atoms with Crippen LogP contribution in [-0.2, 0) is 9.47 Å². The summed E-state index contributed by atoms with van der Waals surface area (Å²) < 4.78 is 11.6. The summed E-state index contributed by atoms with van der Waals surface area (Å²) in [5.41, 5.74) is 2.80. The van der Waals surface area contributed by atoms with E-state index in [4.69, 9.17) is 9.47 Å². The highest BCUT2D eigenvalue weighted by Crippen LogP contribution is 2.33. The Kier molecular flexibility index (Phi) is 4.61. The van der Waals surface area contributed by atoms with E-state index in [9.17, 15) is 4.79 Å². The van der Waals surface area contributed by atoms with Gasteiger partial charge in [-0.1, -0.05) is 18.2 Å². The van der Waals surface area contributed by atoms with Crippen LogP contribution in [0, 0.1) is 0 Å². The molecule has 7 heteroatoms. The van der Waals surface area contributed by atoms with E-state index in [-0.39, 0.29) is 5.91 Å². The minimum atomic E-state index is -0.412. The molecule has 148 valence electrons. The van der Waals surface area contributed by atoms with Gasteiger partial charge in [0.2, 0.25) is 0 Å². The second kappa shape index (κ2) is 7.42. The number of hydrogen-bond acceptors (Lipinski definition) is 6. The first kappa shape index (κ1) is 18.0. The van der Waals surface area contributed by atoms with Crippen LogP contribution in [0.5, 0.6) is 0 Å².